The third kappa shape index (κ3) is 3.56. The number of rotatable bonds is 4. The molecule has 2 aromatic carbocycles. The lowest BCUT2D eigenvalue weighted by molar-refractivity contribution is 0.257. The van der Waals surface area contributed by atoms with Gasteiger partial charge >= 0.3 is 6.03 Å². The van der Waals surface area contributed by atoms with E-state index in [1.165, 1.54) is 18.2 Å². The van der Waals surface area contributed by atoms with Gasteiger partial charge in [-0.2, -0.15) is 18.0 Å². The maximum absolute atomic E-state index is 12.6. The summed E-state index contributed by atoms with van der Waals surface area (Å²) in [6.45, 7) is 0. The zero-order valence-corrected chi connectivity index (χ0v) is 12.8. The van der Waals surface area contributed by atoms with E-state index in [9.17, 15) is 18.5 Å². The Morgan fingerprint density at radius 2 is 1.57 bits per heavy atom. The predicted octanol–water partition coefficient (Wildman–Crippen LogP) is 2.47. The predicted molar refractivity (Wildman–Crippen MR) is 87.5 cm³/mol. The van der Waals surface area contributed by atoms with Gasteiger partial charge in [-0.25, -0.2) is 4.79 Å². The lowest BCUT2D eigenvalue weighted by atomic mass is 10.2. The number of amides is 2. The van der Waals surface area contributed by atoms with E-state index in [1.807, 2.05) is 0 Å². The Kier molecular flexibility index (Phi) is 4.79. The van der Waals surface area contributed by atoms with Crippen LogP contribution in [0.5, 0.6) is 0 Å². The van der Waals surface area contributed by atoms with Crippen LogP contribution in [0.2, 0.25) is 0 Å². The third-order valence-electron chi connectivity index (χ3n) is 2.92. The van der Waals surface area contributed by atoms with Crippen LogP contribution in [0, 0.1) is 11.3 Å². The zero-order valence-electron chi connectivity index (χ0n) is 12.0. The monoisotopic (exact) mass is 327 g/mol. The Bertz CT molecular complexity index is 870. The molecule has 6 nitrogen and oxygen atoms in total. The normalized spacial score (nSPS) is 11.5. The summed E-state index contributed by atoms with van der Waals surface area (Å²) in [6.07, 6.45) is 1.19. The molecule has 0 unspecified atom stereocenters. The highest BCUT2D eigenvalue weighted by atomic mass is 32.2. The maximum Gasteiger partial charge on any atom is 0.333 e. The molecule has 0 aromatic heterocycles. The maximum atomic E-state index is 12.6. The Hall–Kier alpha value is -3.11. The van der Waals surface area contributed by atoms with Crippen molar-refractivity contribution >= 4 is 27.8 Å². The number of allylic oxidation sites excluding steroid dienone is 1. The van der Waals surface area contributed by atoms with Gasteiger partial charge in [-0.05, 0) is 23.8 Å². The molecule has 0 fully saturated rings. The van der Waals surface area contributed by atoms with E-state index in [-0.39, 0.29) is 5.69 Å². The van der Waals surface area contributed by atoms with E-state index >= 15 is 0 Å². The topological polar surface area (TPSA) is 104 Å². The number of benzene rings is 2. The fourth-order valence-corrected chi connectivity index (χ4v) is 3.14. The van der Waals surface area contributed by atoms with Crippen LogP contribution >= 0.6 is 0 Å². The summed E-state index contributed by atoms with van der Waals surface area (Å²) in [7, 11) is -4.40. The number of hydrogen-bond acceptors (Lipinski definition) is 4. The minimum atomic E-state index is -4.40. The number of carbonyl (C=O) groups is 1. The molecule has 2 N–H and O–H groups in total. The summed E-state index contributed by atoms with van der Waals surface area (Å²) in [5, 5.41) is 9.22. The fraction of sp³-hybridized carbons (Fsp3) is 0. The molecule has 23 heavy (non-hydrogen) atoms. The number of carbonyl (C=O) groups excluding carboxylic acids is 1. The Morgan fingerprint density at radius 3 is 2.04 bits per heavy atom. The molecule has 0 aliphatic heterocycles. The minimum Gasteiger partial charge on any atom is -0.350 e. The minimum absolute atomic E-state index is 0.0641. The van der Waals surface area contributed by atoms with Gasteiger partial charge in [0.25, 0.3) is 10.0 Å². The largest absolute Gasteiger partial charge is 0.350 e. The van der Waals surface area contributed by atoms with Crippen LogP contribution < -0.4 is 10.0 Å². The summed E-state index contributed by atoms with van der Waals surface area (Å²) in [5.74, 6) is 0. The fourth-order valence-electron chi connectivity index (χ4n) is 1.91. The highest BCUT2D eigenvalue weighted by Gasteiger charge is 2.31. The Morgan fingerprint density at radius 1 is 1.04 bits per heavy atom. The van der Waals surface area contributed by atoms with Crippen LogP contribution in [0.4, 0.5) is 10.5 Å². The number of sulfonamides is 1. The molecule has 0 aliphatic rings. The van der Waals surface area contributed by atoms with Crippen LogP contribution in [-0.2, 0) is 10.0 Å². The second-order valence-electron chi connectivity index (χ2n) is 4.47. The van der Waals surface area contributed by atoms with Crippen molar-refractivity contribution in [3.8, 4) is 6.07 Å². The smallest absolute Gasteiger partial charge is 0.333 e. The van der Waals surface area contributed by atoms with E-state index in [0.29, 0.717) is 9.87 Å². The molecule has 2 amide bonds. The zero-order chi connectivity index (χ0) is 16.9. The highest BCUT2D eigenvalue weighted by Crippen LogP contribution is 2.23. The molecule has 0 bridgehead atoms. The Labute approximate surface area is 134 Å². The molecule has 116 valence electrons. The molecule has 0 aliphatic carbocycles. The molecule has 0 saturated carbocycles. The van der Waals surface area contributed by atoms with Crippen molar-refractivity contribution in [2.24, 2.45) is 5.73 Å². The molecule has 7 heteroatoms. The summed E-state index contributed by atoms with van der Waals surface area (Å²) in [4.78, 5) is 11.1. The first kappa shape index (κ1) is 16.3. The Balaban J connectivity index is 2.55. The number of nitrogens with two attached hydrogens (primary N) is 1. The molecule has 2 aromatic rings. The van der Waals surface area contributed by atoms with Crippen LogP contribution in [0.3, 0.4) is 0 Å². The van der Waals surface area contributed by atoms with Gasteiger partial charge in [0.2, 0.25) is 0 Å². The first-order valence-electron chi connectivity index (χ1n) is 6.53. The first-order valence-corrected chi connectivity index (χ1v) is 7.97. The lowest BCUT2D eigenvalue weighted by Gasteiger charge is -2.19. The van der Waals surface area contributed by atoms with Crippen LogP contribution in [-0.4, -0.2) is 14.4 Å². The quantitative estimate of drug-likeness (QED) is 0.871. The van der Waals surface area contributed by atoms with E-state index in [0.717, 1.165) is 0 Å². The summed E-state index contributed by atoms with van der Waals surface area (Å²) >= 11 is 0. The number of primary amides is 1. The van der Waals surface area contributed by atoms with Gasteiger partial charge in [0.1, 0.15) is 6.07 Å². The summed E-state index contributed by atoms with van der Waals surface area (Å²) in [5.41, 5.74) is 5.79. The van der Waals surface area contributed by atoms with E-state index in [1.54, 1.807) is 54.6 Å². The van der Waals surface area contributed by atoms with Crippen LogP contribution in [0.25, 0.3) is 6.08 Å². The van der Waals surface area contributed by atoms with Crippen molar-refractivity contribution in [3.05, 3.63) is 71.1 Å². The number of urea groups is 1. The van der Waals surface area contributed by atoms with Gasteiger partial charge < -0.3 is 5.73 Å². The van der Waals surface area contributed by atoms with Crippen molar-refractivity contribution in [1.29, 1.82) is 5.26 Å². The van der Waals surface area contributed by atoms with Gasteiger partial charge in [0.15, 0.2) is 4.91 Å². The molecule has 0 saturated heterocycles. The standard InChI is InChI=1S/C16H13N3O3S/c17-12-15(11-13-7-3-1-4-8-13)23(21,22)19(16(18)20)14-9-5-2-6-10-14/h1-11H,(H2,18,20). The second-order valence-corrected chi connectivity index (χ2v) is 6.23. The van der Waals surface area contributed by atoms with Crippen molar-refractivity contribution < 1.29 is 13.2 Å². The molecule has 0 radical (unpaired) electrons. The van der Waals surface area contributed by atoms with Crippen LogP contribution in [0.15, 0.2) is 65.6 Å². The molecule has 0 atom stereocenters. The third-order valence-corrected chi connectivity index (χ3v) is 4.55. The van der Waals surface area contributed by atoms with Gasteiger partial charge in [-0.3, -0.25) is 0 Å². The molecule has 0 heterocycles. The number of nitrogens with zero attached hydrogens (tertiary/aromatic N) is 2. The van der Waals surface area contributed by atoms with Crippen molar-refractivity contribution in [1.82, 2.24) is 0 Å². The SMILES string of the molecule is N#CC(=Cc1ccccc1)S(=O)(=O)N(C(N)=O)c1ccccc1. The number of nitriles is 1. The highest BCUT2D eigenvalue weighted by molar-refractivity contribution is 7.97. The number of hydrogen-bond donors (Lipinski definition) is 1. The summed E-state index contributed by atoms with van der Waals surface area (Å²) in [6, 6.07) is 16.5. The first-order chi connectivity index (χ1) is 11.0. The summed E-state index contributed by atoms with van der Waals surface area (Å²) < 4.78 is 25.7. The molecular formula is C16H13N3O3S. The van der Waals surface area contributed by atoms with E-state index in [2.05, 4.69) is 0 Å². The molecule has 2 rings (SSSR count). The van der Waals surface area contributed by atoms with Crippen LogP contribution in [0.1, 0.15) is 5.56 Å². The molecule has 0 spiro atoms. The second kappa shape index (κ2) is 6.77. The van der Waals surface area contributed by atoms with Crippen molar-refractivity contribution in [2.45, 2.75) is 0 Å². The van der Waals surface area contributed by atoms with Crippen molar-refractivity contribution in [3.63, 3.8) is 0 Å². The van der Waals surface area contributed by atoms with E-state index < -0.39 is 21.0 Å². The average Bonchev–Trinajstić information content (AvgIpc) is 2.54. The number of para-hydroxylation sites is 1. The number of anilines is 1. The van der Waals surface area contributed by atoms with Gasteiger partial charge in [0, 0.05) is 0 Å². The van der Waals surface area contributed by atoms with E-state index in [4.69, 9.17) is 5.73 Å². The van der Waals surface area contributed by atoms with Crippen molar-refractivity contribution in [2.75, 3.05) is 4.31 Å². The van der Waals surface area contributed by atoms with Gasteiger partial charge in [-0.15, -0.1) is 0 Å². The van der Waals surface area contributed by atoms with Gasteiger partial charge in [-0.1, -0.05) is 48.5 Å². The van der Waals surface area contributed by atoms with Gasteiger partial charge in [0.05, 0.1) is 5.69 Å². The average molecular weight is 327 g/mol. The molecular weight excluding hydrogens is 314 g/mol. The lowest BCUT2D eigenvalue weighted by Crippen LogP contribution is -2.41.